The van der Waals surface area contributed by atoms with Gasteiger partial charge in [0.1, 0.15) is 11.2 Å². The molecule has 160 valence electrons. The van der Waals surface area contributed by atoms with Gasteiger partial charge < -0.3 is 16.0 Å². The first-order valence-corrected chi connectivity index (χ1v) is 9.55. The van der Waals surface area contributed by atoms with E-state index in [1.807, 2.05) is 0 Å². The number of carbonyl (C=O) groups excluding carboxylic acids is 2. The van der Waals surface area contributed by atoms with Gasteiger partial charge in [-0.15, -0.1) is 0 Å². The molecule has 0 bridgehead atoms. The summed E-state index contributed by atoms with van der Waals surface area (Å²) in [6.07, 6.45) is -3.59. The third kappa shape index (κ3) is 3.91. The van der Waals surface area contributed by atoms with Crippen LogP contribution in [-0.2, 0) is 11.0 Å². The lowest BCUT2D eigenvalue weighted by Crippen LogP contribution is -2.68. The van der Waals surface area contributed by atoms with Gasteiger partial charge in [-0.05, 0) is 36.2 Å². The number of nitrogens with two attached hydrogens (primary N) is 1. The summed E-state index contributed by atoms with van der Waals surface area (Å²) in [5, 5.41) is 3.13. The lowest BCUT2D eigenvalue weighted by molar-refractivity contribution is -0.141. The maximum absolute atomic E-state index is 13.0. The molecule has 3 N–H and O–H groups in total. The van der Waals surface area contributed by atoms with Gasteiger partial charge in [0.2, 0.25) is 5.91 Å². The first kappa shape index (κ1) is 22.2. The van der Waals surface area contributed by atoms with Crippen molar-refractivity contribution < 1.29 is 22.8 Å². The Balaban J connectivity index is 2.22. The summed E-state index contributed by atoms with van der Waals surface area (Å²) in [7, 11) is 0. The van der Waals surface area contributed by atoms with E-state index in [1.165, 1.54) is 30.0 Å². The van der Waals surface area contributed by atoms with Crippen LogP contribution < -0.4 is 11.1 Å². The molecule has 1 aliphatic rings. The first-order chi connectivity index (χ1) is 14.0. The van der Waals surface area contributed by atoms with Crippen LogP contribution in [0.1, 0.15) is 29.7 Å². The number of nitrogens with one attached hydrogen (secondary N) is 1. The molecule has 1 saturated heterocycles. The van der Waals surface area contributed by atoms with Crippen LogP contribution in [0, 0.1) is 0 Å². The molecular formula is C19H17Cl2F3N4O2. The maximum Gasteiger partial charge on any atom is 0.433 e. The second-order valence-corrected chi connectivity index (χ2v) is 7.79. The summed E-state index contributed by atoms with van der Waals surface area (Å²) in [5.74, 6) is -1.43. The molecule has 0 spiro atoms. The molecule has 3 rings (SSSR count). The number of hydrogen-bond acceptors (Lipinski definition) is 3. The Morgan fingerprint density at radius 3 is 2.43 bits per heavy atom. The summed E-state index contributed by atoms with van der Waals surface area (Å²) in [5.41, 5.74) is 3.62. The highest BCUT2D eigenvalue weighted by Crippen LogP contribution is 2.42. The minimum atomic E-state index is -4.62. The zero-order valence-corrected chi connectivity index (χ0v) is 17.1. The Morgan fingerprint density at radius 2 is 1.90 bits per heavy atom. The quantitative estimate of drug-likeness (QED) is 0.729. The molecular weight excluding hydrogens is 444 g/mol. The number of piperazine rings is 1. The minimum absolute atomic E-state index is 0.128. The molecule has 1 aromatic carbocycles. The molecule has 11 heteroatoms. The number of aromatic nitrogens is 1. The molecule has 2 heterocycles. The van der Waals surface area contributed by atoms with Crippen molar-refractivity contribution in [3.63, 3.8) is 0 Å². The molecule has 2 aromatic rings. The average Bonchev–Trinajstić information content (AvgIpc) is 2.66. The van der Waals surface area contributed by atoms with Crippen LogP contribution in [0.2, 0.25) is 10.0 Å². The summed E-state index contributed by atoms with van der Waals surface area (Å²) < 4.78 is 38.9. The number of halogens is 5. The van der Waals surface area contributed by atoms with Gasteiger partial charge in [0, 0.05) is 25.2 Å². The molecule has 2 atom stereocenters. The van der Waals surface area contributed by atoms with Crippen LogP contribution in [0.3, 0.4) is 0 Å². The van der Waals surface area contributed by atoms with Gasteiger partial charge in [0.15, 0.2) is 0 Å². The van der Waals surface area contributed by atoms with E-state index in [1.54, 1.807) is 6.07 Å². The van der Waals surface area contributed by atoms with Crippen molar-refractivity contribution in [3.05, 3.63) is 63.4 Å². The lowest BCUT2D eigenvalue weighted by Gasteiger charge is -2.47. The zero-order valence-electron chi connectivity index (χ0n) is 15.6. The topological polar surface area (TPSA) is 88.3 Å². The summed E-state index contributed by atoms with van der Waals surface area (Å²) in [4.78, 5) is 29.8. The molecule has 1 unspecified atom stereocenters. The number of benzene rings is 1. The van der Waals surface area contributed by atoms with Crippen molar-refractivity contribution in [1.82, 2.24) is 15.2 Å². The van der Waals surface area contributed by atoms with E-state index < -0.39 is 35.3 Å². The molecule has 0 aliphatic carbocycles. The van der Waals surface area contributed by atoms with Crippen LogP contribution in [-0.4, -0.2) is 40.5 Å². The second-order valence-electron chi connectivity index (χ2n) is 6.97. The monoisotopic (exact) mass is 460 g/mol. The number of rotatable bonds is 3. The maximum atomic E-state index is 13.0. The smallest absolute Gasteiger partial charge is 0.352 e. The van der Waals surface area contributed by atoms with Crippen LogP contribution in [0.4, 0.5) is 18.0 Å². The highest BCUT2D eigenvalue weighted by atomic mass is 35.5. The lowest BCUT2D eigenvalue weighted by atomic mass is 9.74. The van der Waals surface area contributed by atoms with Crippen molar-refractivity contribution in [3.8, 4) is 0 Å². The number of alkyl halides is 3. The van der Waals surface area contributed by atoms with Gasteiger partial charge in [-0.2, -0.15) is 13.2 Å². The molecule has 6 nitrogen and oxygen atoms in total. The normalized spacial score (nSPS) is 20.6. The fourth-order valence-corrected chi connectivity index (χ4v) is 4.02. The Morgan fingerprint density at radius 1 is 1.23 bits per heavy atom. The molecule has 0 saturated carbocycles. The minimum Gasteiger partial charge on any atom is -0.352 e. The highest BCUT2D eigenvalue weighted by molar-refractivity contribution is 6.42. The molecule has 1 aromatic heterocycles. The Kier molecular flexibility index (Phi) is 5.88. The first-order valence-electron chi connectivity index (χ1n) is 8.79. The van der Waals surface area contributed by atoms with E-state index >= 15 is 0 Å². The summed E-state index contributed by atoms with van der Waals surface area (Å²) in [6.45, 7) is 1.82. The SMILES string of the molecule is CC1([C@H](c2ccc(C(F)(F)F)nc2)c2ccc(Cl)c(Cl)c2)C(=O)NCCN1C(N)=O. The average molecular weight is 461 g/mol. The van der Waals surface area contributed by atoms with Gasteiger partial charge in [0.25, 0.3) is 0 Å². The molecule has 30 heavy (non-hydrogen) atoms. The highest BCUT2D eigenvalue weighted by Gasteiger charge is 2.51. The second kappa shape index (κ2) is 7.96. The third-order valence-electron chi connectivity index (χ3n) is 5.16. The molecule has 3 amide bonds. The van der Waals surface area contributed by atoms with Crippen molar-refractivity contribution >= 4 is 35.1 Å². The van der Waals surface area contributed by atoms with Crippen molar-refractivity contribution in [2.75, 3.05) is 13.1 Å². The van der Waals surface area contributed by atoms with E-state index in [4.69, 9.17) is 28.9 Å². The number of amides is 3. The predicted molar refractivity (Wildman–Crippen MR) is 105 cm³/mol. The number of nitrogens with zero attached hydrogens (tertiary/aromatic N) is 2. The van der Waals surface area contributed by atoms with Gasteiger partial charge >= 0.3 is 12.2 Å². The van der Waals surface area contributed by atoms with Crippen LogP contribution in [0.15, 0.2) is 36.5 Å². The third-order valence-corrected chi connectivity index (χ3v) is 5.90. The largest absolute Gasteiger partial charge is 0.433 e. The van der Waals surface area contributed by atoms with E-state index in [0.717, 1.165) is 12.3 Å². The van der Waals surface area contributed by atoms with Crippen molar-refractivity contribution in [2.24, 2.45) is 5.73 Å². The Bertz CT molecular complexity index is 985. The molecule has 0 radical (unpaired) electrons. The Labute approximate surface area is 180 Å². The summed E-state index contributed by atoms with van der Waals surface area (Å²) in [6, 6.07) is 5.79. The van der Waals surface area contributed by atoms with Crippen molar-refractivity contribution in [2.45, 2.75) is 24.6 Å². The number of hydrogen-bond donors (Lipinski definition) is 2. The van der Waals surface area contributed by atoms with Crippen LogP contribution >= 0.6 is 23.2 Å². The van der Waals surface area contributed by atoms with Gasteiger partial charge in [0.05, 0.1) is 10.0 Å². The van der Waals surface area contributed by atoms with Gasteiger partial charge in [-0.25, -0.2) is 4.79 Å². The number of urea groups is 1. The van der Waals surface area contributed by atoms with E-state index in [2.05, 4.69) is 10.3 Å². The standard InChI is InChI=1S/C19H17Cl2F3N4O2/c1-18(16(29)26-6-7-28(18)17(25)30)15(10-2-4-12(20)13(21)8-10)11-3-5-14(27-9-11)19(22,23)24/h2-5,8-9,15H,6-7H2,1H3,(H2,25,30)(H,26,29)/t15-,18?/m0/s1. The van der Waals surface area contributed by atoms with E-state index in [0.29, 0.717) is 5.56 Å². The number of carbonyl (C=O) groups is 2. The predicted octanol–water partition coefficient (Wildman–Crippen LogP) is 3.81. The zero-order chi connectivity index (χ0) is 22.3. The van der Waals surface area contributed by atoms with Crippen LogP contribution in [0.25, 0.3) is 0 Å². The number of primary amides is 1. The Hall–Kier alpha value is -2.52. The van der Waals surface area contributed by atoms with E-state index in [9.17, 15) is 22.8 Å². The summed E-state index contributed by atoms with van der Waals surface area (Å²) >= 11 is 12.1. The van der Waals surface area contributed by atoms with E-state index in [-0.39, 0.29) is 28.7 Å². The van der Waals surface area contributed by atoms with Gasteiger partial charge in [-0.3, -0.25) is 9.78 Å². The molecule has 1 fully saturated rings. The van der Waals surface area contributed by atoms with Crippen molar-refractivity contribution in [1.29, 1.82) is 0 Å². The van der Waals surface area contributed by atoms with Crippen LogP contribution in [0.5, 0.6) is 0 Å². The number of pyridine rings is 1. The van der Waals surface area contributed by atoms with Gasteiger partial charge in [-0.1, -0.05) is 35.3 Å². The fraction of sp³-hybridized carbons (Fsp3) is 0.316. The molecule has 1 aliphatic heterocycles. The fourth-order valence-electron chi connectivity index (χ4n) is 3.72.